The van der Waals surface area contributed by atoms with E-state index in [0.29, 0.717) is 5.82 Å². The van der Waals surface area contributed by atoms with Crippen molar-refractivity contribution >= 4 is 5.82 Å². The molecule has 0 aliphatic heterocycles. The topological polar surface area (TPSA) is 69.6 Å². The van der Waals surface area contributed by atoms with E-state index in [1.807, 2.05) is 0 Å². The molecule has 0 unspecified atom stereocenters. The second-order valence-corrected chi connectivity index (χ2v) is 2.26. The van der Waals surface area contributed by atoms with Crippen LogP contribution in [0.5, 0.6) is 0 Å². The van der Waals surface area contributed by atoms with E-state index in [-0.39, 0.29) is 0 Å². The zero-order valence-electron chi connectivity index (χ0n) is 6.25. The lowest BCUT2D eigenvalue weighted by Gasteiger charge is -1.95. The van der Waals surface area contributed by atoms with Crippen LogP contribution >= 0.6 is 0 Å². The maximum absolute atomic E-state index is 5.41. The van der Waals surface area contributed by atoms with Crippen LogP contribution in [0.25, 0.3) is 5.69 Å². The SMILES string of the molecule is Nc1cnn(-c2ccncc2)n1. The molecule has 0 radical (unpaired) electrons. The number of nitrogens with zero attached hydrogens (tertiary/aromatic N) is 4. The molecule has 5 nitrogen and oxygen atoms in total. The molecule has 0 aromatic carbocycles. The van der Waals surface area contributed by atoms with E-state index in [1.165, 1.54) is 11.0 Å². The van der Waals surface area contributed by atoms with Crippen LogP contribution in [-0.2, 0) is 0 Å². The maximum atomic E-state index is 5.41. The van der Waals surface area contributed by atoms with Gasteiger partial charge in [-0.1, -0.05) is 0 Å². The van der Waals surface area contributed by atoms with Gasteiger partial charge in [0.15, 0.2) is 5.82 Å². The third-order valence-corrected chi connectivity index (χ3v) is 1.40. The molecule has 2 rings (SSSR count). The summed E-state index contributed by atoms with van der Waals surface area (Å²) < 4.78 is 0. The predicted octanol–water partition coefficient (Wildman–Crippen LogP) is 0.244. The van der Waals surface area contributed by atoms with Gasteiger partial charge in [-0.25, -0.2) is 0 Å². The molecule has 2 N–H and O–H groups in total. The molecule has 0 aliphatic rings. The monoisotopic (exact) mass is 161 g/mol. The van der Waals surface area contributed by atoms with E-state index in [0.717, 1.165) is 5.69 Å². The molecular weight excluding hydrogens is 154 g/mol. The normalized spacial score (nSPS) is 10.0. The summed E-state index contributed by atoms with van der Waals surface area (Å²) in [5.74, 6) is 0.409. The number of pyridine rings is 1. The molecule has 0 atom stereocenters. The Morgan fingerprint density at radius 2 is 2.00 bits per heavy atom. The molecule has 5 heteroatoms. The number of nitrogens with two attached hydrogens (primary N) is 1. The van der Waals surface area contributed by atoms with Gasteiger partial charge in [0.25, 0.3) is 0 Å². The maximum Gasteiger partial charge on any atom is 0.166 e. The van der Waals surface area contributed by atoms with Crippen LogP contribution in [0.4, 0.5) is 5.82 Å². The molecule has 0 bridgehead atoms. The smallest absolute Gasteiger partial charge is 0.166 e. The minimum atomic E-state index is 0.409. The molecular formula is C7H7N5. The minimum Gasteiger partial charge on any atom is -0.381 e. The van der Waals surface area contributed by atoms with Crippen LogP contribution < -0.4 is 5.73 Å². The Morgan fingerprint density at radius 3 is 2.58 bits per heavy atom. The standard InChI is InChI=1S/C7H7N5/c8-7-5-10-12(11-7)6-1-3-9-4-2-6/h1-5H,(H2,8,11). The van der Waals surface area contributed by atoms with Crippen molar-refractivity contribution in [2.45, 2.75) is 0 Å². The van der Waals surface area contributed by atoms with E-state index >= 15 is 0 Å². The highest BCUT2D eigenvalue weighted by Gasteiger charge is 1.97. The van der Waals surface area contributed by atoms with Crippen molar-refractivity contribution in [1.29, 1.82) is 0 Å². The fraction of sp³-hybridized carbons (Fsp3) is 0. The van der Waals surface area contributed by atoms with Crippen LogP contribution in [0, 0.1) is 0 Å². The molecule has 12 heavy (non-hydrogen) atoms. The predicted molar refractivity (Wildman–Crippen MR) is 43.6 cm³/mol. The summed E-state index contributed by atoms with van der Waals surface area (Å²) in [6.07, 6.45) is 4.85. The average Bonchev–Trinajstić information content (AvgIpc) is 2.54. The zero-order chi connectivity index (χ0) is 8.39. The van der Waals surface area contributed by atoms with E-state index in [1.54, 1.807) is 24.5 Å². The van der Waals surface area contributed by atoms with Crippen molar-refractivity contribution in [1.82, 2.24) is 20.0 Å². The Balaban J connectivity index is 2.45. The van der Waals surface area contributed by atoms with Gasteiger partial charge in [0.05, 0.1) is 11.9 Å². The molecule has 0 saturated carbocycles. The van der Waals surface area contributed by atoms with Crippen LogP contribution in [0.3, 0.4) is 0 Å². The Kier molecular flexibility index (Phi) is 1.48. The second kappa shape index (κ2) is 2.61. The lowest BCUT2D eigenvalue weighted by Crippen LogP contribution is -1.98. The summed E-state index contributed by atoms with van der Waals surface area (Å²) in [7, 11) is 0. The first-order chi connectivity index (χ1) is 5.86. The summed E-state index contributed by atoms with van der Waals surface area (Å²) in [4.78, 5) is 5.33. The minimum absolute atomic E-state index is 0.409. The zero-order valence-corrected chi connectivity index (χ0v) is 6.25. The number of hydrogen-bond donors (Lipinski definition) is 1. The van der Waals surface area contributed by atoms with Gasteiger partial charge in [-0.2, -0.15) is 5.10 Å². The quantitative estimate of drug-likeness (QED) is 0.650. The fourth-order valence-corrected chi connectivity index (χ4v) is 0.877. The highest BCUT2D eigenvalue weighted by molar-refractivity contribution is 5.29. The van der Waals surface area contributed by atoms with Crippen molar-refractivity contribution in [3.05, 3.63) is 30.7 Å². The van der Waals surface area contributed by atoms with Crippen LogP contribution in [0.2, 0.25) is 0 Å². The van der Waals surface area contributed by atoms with Gasteiger partial charge in [-0.05, 0) is 12.1 Å². The molecule has 0 aliphatic carbocycles. The first-order valence-corrected chi connectivity index (χ1v) is 3.44. The Bertz CT molecular complexity index is 366. The number of rotatable bonds is 1. The van der Waals surface area contributed by atoms with Crippen molar-refractivity contribution in [2.24, 2.45) is 0 Å². The fourth-order valence-electron chi connectivity index (χ4n) is 0.877. The van der Waals surface area contributed by atoms with Crippen LogP contribution in [0.15, 0.2) is 30.7 Å². The van der Waals surface area contributed by atoms with Crippen LogP contribution in [-0.4, -0.2) is 20.0 Å². The summed E-state index contributed by atoms with van der Waals surface area (Å²) in [6.45, 7) is 0. The van der Waals surface area contributed by atoms with E-state index in [2.05, 4.69) is 15.2 Å². The third-order valence-electron chi connectivity index (χ3n) is 1.40. The summed E-state index contributed by atoms with van der Waals surface area (Å²) in [5, 5.41) is 7.88. The lowest BCUT2D eigenvalue weighted by atomic mass is 10.4. The Labute approximate surface area is 68.8 Å². The van der Waals surface area contributed by atoms with Gasteiger partial charge in [0.2, 0.25) is 0 Å². The third kappa shape index (κ3) is 1.12. The van der Waals surface area contributed by atoms with Gasteiger partial charge in [0, 0.05) is 12.4 Å². The highest BCUT2D eigenvalue weighted by Crippen LogP contribution is 2.02. The first-order valence-electron chi connectivity index (χ1n) is 3.44. The summed E-state index contributed by atoms with van der Waals surface area (Å²) in [6, 6.07) is 3.61. The number of aromatic nitrogens is 4. The first kappa shape index (κ1) is 6.78. The lowest BCUT2D eigenvalue weighted by molar-refractivity contribution is 0.753. The number of nitrogen functional groups attached to an aromatic ring is 1. The van der Waals surface area contributed by atoms with Gasteiger partial charge < -0.3 is 5.73 Å². The summed E-state index contributed by atoms with van der Waals surface area (Å²) in [5.41, 5.74) is 6.25. The van der Waals surface area contributed by atoms with Gasteiger partial charge in [0.1, 0.15) is 0 Å². The van der Waals surface area contributed by atoms with Crippen molar-refractivity contribution in [3.63, 3.8) is 0 Å². The molecule has 2 aromatic rings. The number of hydrogen-bond acceptors (Lipinski definition) is 4. The second-order valence-electron chi connectivity index (χ2n) is 2.26. The summed E-state index contributed by atoms with van der Waals surface area (Å²) >= 11 is 0. The van der Waals surface area contributed by atoms with Crippen LogP contribution in [0.1, 0.15) is 0 Å². The van der Waals surface area contributed by atoms with Gasteiger partial charge >= 0.3 is 0 Å². The Hall–Kier alpha value is -1.91. The highest BCUT2D eigenvalue weighted by atomic mass is 15.5. The van der Waals surface area contributed by atoms with Crippen molar-refractivity contribution in [3.8, 4) is 5.69 Å². The molecule has 60 valence electrons. The van der Waals surface area contributed by atoms with E-state index < -0.39 is 0 Å². The largest absolute Gasteiger partial charge is 0.381 e. The Morgan fingerprint density at radius 1 is 1.25 bits per heavy atom. The molecule has 0 fully saturated rings. The molecule has 2 heterocycles. The average molecular weight is 161 g/mol. The molecule has 0 amide bonds. The van der Waals surface area contributed by atoms with Gasteiger partial charge in [-0.3, -0.25) is 4.98 Å². The number of anilines is 1. The van der Waals surface area contributed by atoms with Gasteiger partial charge in [-0.15, -0.1) is 9.90 Å². The molecule has 0 spiro atoms. The van der Waals surface area contributed by atoms with E-state index in [4.69, 9.17) is 5.73 Å². The molecule has 0 saturated heterocycles. The molecule has 2 aromatic heterocycles. The van der Waals surface area contributed by atoms with E-state index in [9.17, 15) is 0 Å². The van der Waals surface area contributed by atoms with Crippen molar-refractivity contribution in [2.75, 3.05) is 5.73 Å². The van der Waals surface area contributed by atoms with Crippen molar-refractivity contribution < 1.29 is 0 Å².